The normalized spacial score (nSPS) is 11.5. The predicted molar refractivity (Wildman–Crippen MR) is 85.4 cm³/mol. The Morgan fingerprint density at radius 3 is 2.25 bits per heavy atom. The lowest BCUT2D eigenvalue weighted by atomic mass is 10.2. The molecule has 5 nitrogen and oxygen atoms in total. The van der Waals surface area contributed by atoms with Crippen LogP contribution in [0.2, 0.25) is 0 Å². The minimum Gasteiger partial charge on any atom is -0.322 e. The molecule has 0 aliphatic rings. The second-order valence-electron chi connectivity index (χ2n) is 5.64. The summed E-state index contributed by atoms with van der Waals surface area (Å²) < 4.78 is 80.7. The highest BCUT2D eigenvalue weighted by molar-refractivity contribution is 6.04. The van der Waals surface area contributed by atoms with E-state index in [1.165, 1.54) is 13.0 Å². The van der Waals surface area contributed by atoms with Crippen molar-refractivity contribution >= 4 is 11.6 Å². The van der Waals surface area contributed by atoms with Crippen LogP contribution in [0.1, 0.15) is 21.9 Å². The number of rotatable bonds is 3. The van der Waals surface area contributed by atoms with E-state index in [1.807, 2.05) is 0 Å². The lowest BCUT2D eigenvalue weighted by Crippen LogP contribution is -2.16. The van der Waals surface area contributed by atoms with Gasteiger partial charge in [-0.15, -0.1) is 0 Å². The maximum absolute atomic E-state index is 14.4. The van der Waals surface area contributed by atoms with Crippen LogP contribution in [0, 0.1) is 24.4 Å². The van der Waals surface area contributed by atoms with E-state index in [0.717, 1.165) is 16.7 Å². The molecule has 2 aromatic heterocycles. The fraction of sp³-hybridized carbons (Fsp3) is 0.118. The number of carbonyl (C=O) groups is 1. The summed E-state index contributed by atoms with van der Waals surface area (Å²) in [6.45, 7) is 1.26. The van der Waals surface area contributed by atoms with Crippen molar-refractivity contribution in [1.82, 2.24) is 14.5 Å². The topological polar surface area (TPSA) is 59.8 Å². The molecule has 3 rings (SSSR count). The molecular weight excluding hydrogens is 390 g/mol. The van der Waals surface area contributed by atoms with Gasteiger partial charge in [-0.1, -0.05) is 0 Å². The van der Waals surface area contributed by atoms with Crippen molar-refractivity contribution in [2.75, 3.05) is 5.32 Å². The molecule has 0 unspecified atom stereocenters. The zero-order chi connectivity index (χ0) is 20.6. The summed E-state index contributed by atoms with van der Waals surface area (Å²) in [6.07, 6.45) is -2.78. The second-order valence-corrected chi connectivity index (χ2v) is 5.64. The van der Waals surface area contributed by atoms with E-state index in [2.05, 4.69) is 15.3 Å². The number of anilines is 1. The van der Waals surface area contributed by atoms with Gasteiger partial charge >= 0.3 is 6.18 Å². The van der Waals surface area contributed by atoms with Crippen LogP contribution in [0.5, 0.6) is 0 Å². The van der Waals surface area contributed by atoms with Crippen LogP contribution in [-0.2, 0) is 6.18 Å². The Morgan fingerprint density at radius 2 is 1.71 bits per heavy atom. The molecule has 11 heteroatoms. The van der Waals surface area contributed by atoms with Gasteiger partial charge in [0.2, 0.25) is 0 Å². The van der Waals surface area contributed by atoms with Gasteiger partial charge in [0.05, 0.1) is 18.1 Å². The molecule has 0 aliphatic carbocycles. The van der Waals surface area contributed by atoms with Gasteiger partial charge in [-0.2, -0.15) is 13.2 Å². The number of aryl methyl sites for hydroxylation is 1. The molecule has 0 saturated heterocycles. The maximum Gasteiger partial charge on any atom is 0.434 e. The molecular formula is C17H10F6N4O. The van der Waals surface area contributed by atoms with Gasteiger partial charge in [-0.25, -0.2) is 18.2 Å². The molecule has 0 fully saturated rings. The summed E-state index contributed by atoms with van der Waals surface area (Å²) in [4.78, 5) is 18.6. The first kappa shape index (κ1) is 19.4. The molecule has 0 radical (unpaired) electrons. The van der Waals surface area contributed by atoms with Gasteiger partial charge in [0.25, 0.3) is 5.91 Å². The lowest BCUT2D eigenvalue weighted by molar-refractivity contribution is -0.141. The van der Waals surface area contributed by atoms with E-state index in [1.54, 1.807) is 0 Å². The predicted octanol–water partition coefficient (Wildman–Crippen LogP) is 4.26. The molecule has 3 aromatic rings. The lowest BCUT2D eigenvalue weighted by Gasteiger charge is -2.10. The first-order valence-corrected chi connectivity index (χ1v) is 7.61. The number of pyridine rings is 1. The number of amides is 1. The molecule has 0 atom stereocenters. The SMILES string of the molecule is Cc1nc(C(F)(F)F)cn1-c1ccc(NC(=O)c2c(F)cncc2F)cc1F. The van der Waals surface area contributed by atoms with Gasteiger partial charge < -0.3 is 9.88 Å². The Morgan fingerprint density at radius 1 is 1.07 bits per heavy atom. The molecule has 1 aromatic carbocycles. The summed E-state index contributed by atoms with van der Waals surface area (Å²) in [5.74, 6) is -4.68. The fourth-order valence-electron chi connectivity index (χ4n) is 2.46. The smallest absolute Gasteiger partial charge is 0.322 e. The number of halogens is 6. The average Bonchev–Trinajstić information content (AvgIpc) is 2.97. The Labute approximate surface area is 153 Å². The van der Waals surface area contributed by atoms with Crippen molar-refractivity contribution in [3.63, 3.8) is 0 Å². The number of hydrogen-bond donors (Lipinski definition) is 1. The van der Waals surface area contributed by atoms with Crippen molar-refractivity contribution in [3.8, 4) is 5.69 Å². The maximum atomic E-state index is 14.4. The molecule has 0 saturated carbocycles. The third-order valence-electron chi connectivity index (χ3n) is 3.72. The van der Waals surface area contributed by atoms with E-state index in [9.17, 15) is 31.1 Å². The summed E-state index contributed by atoms with van der Waals surface area (Å²) in [7, 11) is 0. The van der Waals surface area contributed by atoms with Crippen molar-refractivity contribution < 1.29 is 31.1 Å². The van der Waals surface area contributed by atoms with Crippen molar-refractivity contribution in [3.05, 3.63) is 71.3 Å². The molecule has 2 heterocycles. The van der Waals surface area contributed by atoms with Gasteiger partial charge in [-0.05, 0) is 25.1 Å². The van der Waals surface area contributed by atoms with Gasteiger partial charge in [0, 0.05) is 11.9 Å². The molecule has 28 heavy (non-hydrogen) atoms. The number of nitrogens with one attached hydrogen (secondary N) is 1. The highest BCUT2D eigenvalue weighted by Crippen LogP contribution is 2.30. The molecule has 0 aliphatic heterocycles. The molecule has 1 amide bonds. The van der Waals surface area contributed by atoms with Crippen molar-refractivity contribution in [2.45, 2.75) is 13.1 Å². The number of imidazole rings is 1. The van der Waals surface area contributed by atoms with Crippen LogP contribution < -0.4 is 5.32 Å². The summed E-state index contributed by atoms with van der Waals surface area (Å²) in [6, 6.07) is 3.07. The molecule has 146 valence electrons. The van der Waals surface area contributed by atoms with E-state index in [4.69, 9.17) is 0 Å². The zero-order valence-corrected chi connectivity index (χ0v) is 14.0. The standard InChI is InChI=1S/C17H10F6N4O/c1-8-25-14(17(21,22)23)7-27(8)13-3-2-9(4-10(13)18)26-16(28)15-11(19)5-24-6-12(15)20/h2-7H,1H3,(H,26,28). The first-order chi connectivity index (χ1) is 13.1. The quantitative estimate of drug-likeness (QED) is 0.669. The van der Waals surface area contributed by atoms with E-state index in [0.29, 0.717) is 18.6 Å². The van der Waals surface area contributed by atoms with Gasteiger partial charge in [0.1, 0.15) is 17.2 Å². The number of hydrogen-bond acceptors (Lipinski definition) is 3. The molecule has 1 N–H and O–H groups in total. The van der Waals surface area contributed by atoms with Crippen LogP contribution in [-0.4, -0.2) is 20.4 Å². The van der Waals surface area contributed by atoms with Crippen molar-refractivity contribution in [1.29, 1.82) is 0 Å². The third kappa shape index (κ3) is 3.68. The summed E-state index contributed by atoms with van der Waals surface area (Å²) in [5, 5.41) is 2.11. The molecule has 0 bridgehead atoms. The third-order valence-corrected chi connectivity index (χ3v) is 3.72. The second kappa shape index (κ2) is 6.98. The number of carbonyl (C=O) groups excluding carboxylic acids is 1. The number of alkyl halides is 3. The number of benzene rings is 1. The Kier molecular flexibility index (Phi) is 4.84. The summed E-state index contributed by atoms with van der Waals surface area (Å²) >= 11 is 0. The molecule has 0 spiro atoms. The number of aromatic nitrogens is 3. The largest absolute Gasteiger partial charge is 0.434 e. The highest BCUT2D eigenvalue weighted by Gasteiger charge is 2.34. The minimum atomic E-state index is -4.70. The Bertz CT molecular complexity index is 1040. The van der Waals surface area contributed by atoms with E-state index in [-0.39, 0.29) is 17.2 Å². The van der Waals surface area contributed by atoms with Crippen LogP contribution >= 0.6 is 0 Å². The van der Waals surface area contributed by atoms with Crippen LogP contribution in [0.25, 0.3) is 5.69 Å². The van der Waals surface area contributed by atoms with Crippen LogP contribution in [0.15, 0.2) is 36.8 Å². The van der Waals surface area contributed by atoms with E-state index < -0.39 is 40.8 Å². The Balaban J connectivity index is 1.89. The van der Waals surface area contributed by atoms with E-state index >= 15 is 0 Å². The van der Waals surface area contributed by atoms with Crippen LogP contribution in [0.3, 0.4) is 0 Å². The average molecular weight is 400 g/mol. The Hall–Kier alpha value is -3.37. The van der Waals surface area contributed by atoms with Crippen LogP contribution in [0.4, 0.5) is 32.0 Å². The van der Waals surface area contributed by atoms with Gasteiger partial charge in [0.15, 0.2) is 17.3 Å². The first-order valence-electron chi connectivity index (χ1n) is 7.61. The monoisotopic (exact) mass is 400 g/mol. The fourth-order valence-corrected chi connectivity index (χ4v) is 2.46. The van der Waals surface area contributed by atoms with Crippen molar-refractivity contribution in [2.24, 2.45) is 0 Å². The highest BCUT2D eigenvalue weighted by atomic mass is 19.4. The minimum absolute atomic E-state index is 0.107. The summed E-state index contributed by atoms with van der Waals surface area (Å²) in [5.41, 5.74) is -2.50. The number of nitrogens with zero attached hydrogens (tertiary/aromatic N) is 3. The van der Waals surface area contributed by atoms with Gasteiger partial charge in [-0.3, -0.25) is 9.78 Å². The zero-order valence-electron chi connectivity index (χ0n) is 14.0.